The highest BCUT2D eigenvalue weighted by Gasteiger charge is 2.22. The number of hydrazone groups is 1. The van der Waals surface area contributed by atoms with Crippen molar-refractivity contribution in [3.63, 3.8) is 0 Å². The van der Waals surface area contributed by atoms with E-state index in [1.807, 2.05) is 0 Å². The molecule has 0 fully saturated rings. The Balaban J connectivity index is 3.63. The maximum Gasteiger partial charge on any atom is 0.285 e. The van der Waals surface area contributed by atoms with Crippen LogP contribution >= 0.6 is 0 Å². The highest BCUT2D eigenvalue weighted by atomic mass is 16.6. The second kappa shape index (κ2) is 6.11. The van der Waals surface area contributed by atoms with Gasteiger partial charge in [-0.2, -0.15) is 5.10 Å². The predicted molar refractivity (Wildman–Crippen MR) is 69.8 cm³/mol. The van der Waals surface area contributed by atoms with E-state index in [0.717, 1.165) is 18.3 Å². The normalized spacial score (nSPS) is 10.1. The molecule has 20 heavy (non-hydrogen) atoms. The van der Waals surface area contributed by atoms with Crippen LogP contribution in [0, 0.1) is 20.2 Å². The lowest BCUT2D eigenvalue weighted by Gasteiger charge is -2.05. The number of hydrogen-bond donors (Lipinski definition) is 0. The highest BCUT2D eigenvalue weighted by Crippen LogP contribution is 2.33. The minimum Gasteiger partial charge on any atom is -0.303 e. The lowest BCUT2D eigenvalue weighted by Crippen LogP contribution is -2.04. The predicted octanol–water partition coefficient (Wildman–Crippen LogP) is 2.34. The first kappa shape index (κ1) is 14.9. The zero-order valence-corrected chi connectivity index (χ0v) is 10.5. The summed E-state index contributed by atoms with van der Waals surface area (Å²) in [5.74, 6) is 0. The third-order valence-electron chi connectivity index (χ3n) is 2.10. The van der Waals surface area contributed by atoms with Crippen LogP contribution in [-0.4, -0.2) is 35.2 Å². The standard InChI is InChI=1S/C9H9N7O4/c1-14(2)11-5-7-8(12-13-10)3-6(15(17)18)4-9(7)16(19)20/h3-5H,1-2H3/b11-5+. The second-order valence-corrected chi connectivity index (χ2v) is 3.69. The maximum atomic E-state index is 11.0. The van der Waals surface area contributed by atoms with E-state index in [1.54, 1.807) is 14.1 Å². The molecule has 1 aromatic carbocycles. The zero-order valence-electron chi connectivity index (χ0n) is 10.5. The van der Waals surface area contributed by atoms with Gasteiger partial charge in [0, 0.05) is 25.1 Å². The first-order valence-electron chi connectivity index (χ1n) is 5.10. The molecule has 0 heterocycles. The molecule has 0 radical (unpaired) electrons. The largest absolute Gasteiger partial charge is 0.303 e. The van der Waals surface area contributed by atoms with Gasteiger partial charge in [0.25, 0.3) is 11.4 Å². The van der Waals surface area contributed by atoms with Crippen LogP contribution in [0.2, 0.25) is 0 Å². The summed E-state index contributed by atoms with van der Waals surface area (Å²) in [7, 11) is 3.17. The van der Waals surface area contributed by atoms with Crippen molar-refractivity contribution in [1.82, 2.24) is 5.01 Å². The van der Waals surface area contributed by atoms with Crippen LogP contribution in [0.1, 0.15) is 5.56 Å². The van der Waals surface area contributed by atoms with Gasteiger partial charge >= 0.3 is 0 Å². The van der Waals surface area contributed by atoms with Gasteiger partial charge in [0.1, 0.15) is 0 Å². The molecule has 0 amide bonds. The molecule has 0 bridgehead atoms. The summed E-state index contributed by atoms with van der Waals surface area (Å²) < 4.78 is 0. The summed E-state index contributed by atoms with van der Waals surface area (Å²) in [6.07, 6.45) is 1.10. The van der Waals surface area contributed by atoms with Gasteiger partial charge in [-0.25, -0.2) is 0 Å². The Morgan fingerprint density at radius 1 is 1.30 bits per heavy atom. The molecule has 11 nitrogen and oxygen atoms in total. The monoisotopic (exact) mass is 279 g/mol. The Bertz CT molecular complexity index is 610. The topological polar surface area (TPSA) is 151 Å². The molecule has 0 saturated carbocycles. The van der Waals surface area contributed by atoms with Gasteiger partial charge < -0.3 is 5.01 Å². The summed E-state index contributed by atoms with van der Waals surface area (Å²) in [5.41, 5.74) is 7.00. The molecule has 104 valence electrons. The fraction of sp³-hybridized carbons (Fsp3) is 0.222. The number of benzene rings is 1. The van der Waals surface area contributed by atoms with Crippen molar-refractivity contribution in [1.29, 1.82) is 0 Å². The van der Waals surface area contributed by atoms with Crippen molar-refractivity contribution in [3.8, 4) is 0 Å². The molecule has 0 aliphatic carbocycles. The Hall–Kier alpha value is -3.20. The van der Waals surface area contributed by atoms with E-state index in [9.17, 15) is 20.2 Å². The SMILES string of the molecule is CN(C)/N=C/c1c(N=[N+]=[N-])cc([N+](=O)[O-])cc1[N+](=O)[O-]. The van der Waals surface area contributed by atoms with Crippen LogP contribution in [0.4, 0.5) is 17.1 Å². The van der Waals surface area contributed by atoms with Crippen LogP contribution in [-0.2, 0) is 0 Å². The molecule has 0 saturated heterocycles. The number of nitro groups is 2. The molecule has 11 heteroatoms. The lowest BCUT2D eigenvalue weighted by atomic mass is 10.1. The molecule has 0 aliphatic heterocycles. The number of nitrogens with zero attached hydrogens (tertiary/aromatic N) is 7. The molecule has 0 aliphatic rings. The number of rotatable bonds is 5. The van der Waals surface area contributed by atoms with Crippen molar-refractivity contribution in [2.45, 2.75) is 0 Å². The van der Waals surface area contributed by atoms with Crippen molar-refractivity contribution in [2.75, 3.05) is 14.1 Å². The molecule has 0 N–H and O–H groups in total. The van der Waals surface area contributed by atoms with E-state index in [2.05, 4.69) is 15.1 Å². The highest BCUT2D eigenvalue weighted by molar-refractivity contribution is 5.93. The summed E-state index contributed by atoms with van der Waals surface area (Å²) in [6.45, 7) is 0. The lowest BCUT2D eigenvalue weighted by molar-refractivity contribution is -0.394. The van der Waals surface area contributed by atoms with E-state index in [0.29, 0.717) is 0 Å². The number of non-ortho nitro benzene ring substituents is 1. The Kier molecular flexibility index (Phi) is 4.54. The van der Waals surface area contributed by atoms with Gasteiger partial charge in [0.05, 0.1) is 33.4 Å². The number of nitro benzene ring substituents is 2. The Morgan fingerprint density at radius 3 is 2.40 bits per heavy atom. The summed E-state index contributed by atoms with van der Waals surface area (Å²) in [5, 5.41) is 30.1. The zero-order chi connectivity index (χ0) is 15.3. The van der Waals surface area contributed by atoms with Crippen LogP contribution in [0.3, 0.4) is 0 Å². The minimum atomic E-state index is -0.809. The van der Waals surface area contributed by atoms with E-state index in [1.165, 1.54) is 5.01 Å². The van der Waals surface area contributed by atoms with Gasteiger partial charge in [-0.15, -0.1) is 0 Å². The number of hydrogen-bond acceptors (Lipinski definition) is 7. The Labute approximate surface area is 112 Å². The molecular weight excluding hydrogens is 270 g/mol. The van der Waals surface area contributed by atoms with Gasteiger partial charge in [-0.3, -0.25) is 20.2 Å². The van der Waals surface area contributed by atoms with Gasteiger partial charge in [-0.1, -0.05) is 5.11 Å². The van der Waals surface area contributed by atoms with Crippen molar-refractivity contribution >= 4 is 23.3 Å². The van der Waals surface area contributed by atoms with Crippen LogP contribution in [0.25, 0.3) is 10.4 Å². The average Bonchev–Trinajstić information content (AvgIpc) is 2.36. The third-order valence-corrected chi connectivity index (χ3v) is 2.10. The summed E-state index contributed by atoms with van der Waals surface area (Å²) >= 11 is 0. The molecular formula is C9H9N7O4. The van der Waals surface area contributed by atoms with E-state index < -0.39 is 21.2 Å². The molecule has 1 rings (SSSR count). The molecule has 0 atom stereocenters. The van der Waals surface area contributed by atoms with Crippen LogP contribution in [0.5, 0.6) is 0 Å². The van der Waals surface area contributed by atoms with E-state index in [-0.39, 0.29) is 11.3 Å². The fourth-order valence-corrected chi connectivity index (χ4v) is 1.30. The molecule has 0 spiro atoms. The molecule has 0 unspecified atom stereocenters. The van der Waals surface area contributed by atoms with Crippen LogP contribution < -0.4 is 0 Å². The van der Waals surface area contributed by atoms with Crippen molar-refractivity contribution in [3.05, 3.63) is 48.4 Å². The fourth-order valence-electron chi connectivity index (χ4n) is 1.30. The van der Waals surface area contributed by atoms with Crippen molar-refractivity contribution < 1.29 is 9.85 Å². The minimum absolute atomic E-state index is 0.105. The van der Waals surface area contributed by atoms with E-state index >= 15 is 0 Å². The van der Waals surface area contributed by atoms with E-state index in [4.69, 9.17) is 5.53 Å². The smallest absolute Gasteiger partial charge is 0.285 e. The summed E-state index contributed by atoms with van der Waals surface area (Å²) in [6, 6.07) is 1.73. The quantitative estimate of drug-likeness (QED) is 0.202. The third kappa shape index (κ3) is 3.40. The van der Waals surface area contributed by atoms with Crippen LogP contribution in [0.15, 0.2) is 22.3 Å². The van der Waals surface area contributed by atoms with Gasteiger partial charge in [0.15, 0.2) is 0 Å². The molecule has 1 aromatic rings. The number of azide groups is 1. The van der Waals surface area contributed by atoms with Crippen molar-refractivity contribution in [2.24, 2.45) is 10.2 Å². The second-order valence-electron chi connectivity index (χ2n) is 3.69. The molecule has 0 aromatic heterocycles. The first-order valence-corrected chi connectivity index (χ1v) is 5.10. The summed E-state index contributed by atoms with van der Waals surface area (Å²) in [4.78, 5) is 22.6. The Morgan fingerprint density at radius 2 is 1.95 bits per heavy atom. The van der Waals surface area contributed by atoms with Gasteiger partial charge in [0.2, 0.25) is 0 Å². The van der Waals surface area contributed by atoms with Gasteiger partial charge in [-0.05, 0) is 5.53 Å². The maximum absolute atomic E-state index is 11.0. The first-order chi connectivity index (χ1) is 9.36. The average molecular weight is 279 g/mol.